The first-order valence-electron chi connectivity index (χ1n) is 4.27. The smallest absolute Gasteiger partial charge is 0.221 e. The van der Waals surface area contributed by atoms with Gasteiger partial charge in [-0.1, -0.05) is 0 Å². The second kappa shape index (κ2) is 4.77. The summed E-state index contributed by atoms with van der Waals surface area (Å²) in [6.45, 7) is 2.01. The molecule has 0 atom stereocenters. The molecule has 0 aliphatic heterocycles. The highest BCUT2D eigenvalue weighted by molar-refractivity contribution is 5.49. The highest BCUT2D eigenvalue weighted by Crippen LogP contribution is 2.15. The first kappa shape index (κ1) is 10.7. The van der Waals surface area contributed by atoms with Crippen LogP contribution in [0.4, 0.5) is 11.8 Å². The van der Waals surface area contributed by atoms with Crippen LogP contribution in [0.3, 0.4) is 0 Å². The second-order valence-corrected chi connectivity index (χ2v) is 2.91. The maximum Gasteiger partial charge on any atom is 0.221 e. The van der Waals surface area contributed by atoms with Crippen LogP contribution in [0.2, 0.25) is 0 Å². The topological polar surface area (TPSA) is 103 Å². The zero-order valence-electron chi connectivity index (χ0n) is 8.30. The van der Waals surface area contributed by atoms with Crippen LogP contribution >= 0.6 is 0 Å². The molecule has 0 aromatic carbocycles. The molecule has 0 spiro atoms. The van der Waals surface area contributed by atoms with E-state index in [9.17, 15) is 0 Å². The predicted molar refractivity (Wildman–Crippen MR) is 54.6 cm³/mol. The van der Waals surface area contributed by atoms with Gasteiger partial charge in [0.15, 0.2) is 0 Å². The third kappa shape index (κ3) is 2.55. The molecule has 1 aromatic rings. The Morgan fingerprint density at radius 3 is 2.53 bits per heavy atom. The Morgan fingerprint density at radius 1 is 1.40 bits per heavy atom. The van der Waals surface area contributed by atoms with Gasteiger partial charge in [0.05, 0.1) is 12.1 Å². The highest BCUT2D eigenvalue weighted by atomic mass is 15.2. The molecule has 0 saturated heterocycles. The Balaban J connectivity index is 3.06. The minimum atomic E-state index is 0.102. The van der Waals surface area contributed by atoms with E-state index >= 15 is 0 Å². The number of hydrogen-bond acceptors (Lipinski definition) is 6. The Morgan fingerprint density at radius 2 is 2.00 bits per heavy atom. The van der Waals surface area contributed by atoms with E-state index in [2.05, 4.69) is 9.97 Å². The number of nitrogen functional groups attached to an aromatic ring is 1. The average Bonchev–Trinajstić information content (AvgIpc) is 2.21. The molecule has 1 rings (SSSR count). The molecule has 0 bridgehead atoms. The van der Waals surface area contributed by atoms with Gasteiger partial charge in [-0.2, -0.15) is 15.5 Å². The number of nitrogens with two attached hydrogens (primary N) is 1. The van der Waals surface area contributed by atoms with E-state index < -0.39 is 0 Å². The molecule has 0 radical (unpaired) electrons. The van der Waals surface area contributed by atoms with Gasteiger partial charge in [-0.3, -0.25) is 0 Å². The molecular formula is C9H10N6. The summed E-state index contributed by atoms with van der Waals surface area (Å²) < 4.78 is 0. The van der Waals surface area contributed by atoms with Crippen LogP contribution in [0.15, 0.2) is 6.20 Å². The second-order valence-electron chi connectivity index (χ2n) is 2.91. The Kier molecular flexibility index (Phi) is 3.42. The van der Waals surface area contributed by atoms with E-state index in [1.54, 1.807) is 18.0 Å². The largest absolute Gasteiger partial charge is 0.368 e. The molecular weight excluding hydrogens is 192 g/mol. The van der Waals surface area contributed by atoms with Crippen LogP contribution in [-0.2, 0) is 0 Å². The third-order valence-corrected chi connectivity index (χ3v) is 1.79. The van der Waals surface area contributed by atoms with Crippen LogP contribution in [0.1, 0.15) is 5.56 Å². The number of aryl methyl sites for hydroxylation is 1. The molecule has 0 saturated carbocycles. The molecule has 0 unspecified atom stereocenters. The molecule has 6 heteroatoms. The number of aromatic nitrogens is 2. The van der Waals surface area contributed by atoms with Gasteiger partial charge in [-0.05, 0) is 6.92 Å². The summed E-state index contributed by atoms with van der Waals surface area (Å²) in [5, 5.41) is 17.2. The number of nitrogens with zero attached hydrogens (tertiary/aromatic N) is 5. The maximum absolute atomic E-state index is 8.61. The SMILES string of the molecule is Cc1cnc(N)nc1N(CC#N)CC#N. The monoisotopic (exact) mass is 202 g/mol. The predicted octanol–water partition coefficient (Wildman–Crippen LogP) is 0.221. The van der Waals surface area contributed by atoms with E-state index in [1.807, 2.05) is 12.1 Å². The van der Waals surface area contributed by atoms with Gasteiger partial charge in [0, 0.05) is 11.8 Å². The first-order valence-corrected chi connectivity index (χ1v) is 4.27. The third-order valence-electron chi connectivity index (χ3n) is 1.79. The molecule has 0 fully saturated rings. The van der Waals surface area contributed by atoms with Crippen molar-refractivity contribution in [1.29, 1.82) is 10.5 Å². The molecule has 6 nitrogen and oxygen atoms in total. The van der Waals surface area contributed by atoms with Crippen molar-refractivity contribution in [3.63, 3.8) is 0 Å². The maximum atomic E-state index is 8.61. The molecule has 1 heterocycles. The zero-order valence-corrected chi connectivity index (χ0v) is 8.30. The lowest BCUT2D eigenvalue weighted by Gasteiger charge is -2.18. The van der Waals surface area contributed by atoms with E-state index in [0.29, 0.717) is 5.82 Å². The van der Waals surface area contributed by atoms with Crippen molar-refractivity contribution in [2.45, 2.75) is 6.92 Å². The lowest BCUT2D eigenvalue weighted by molar-refractivity contribution is 0.918. The number of hydrogen-bond donors (Lipinski definition) is 1. The van der Waals surface area contributed by atoms with E-state index in [-0.39, 0.29) is 19.0 Å². The molecule has 2 N–H and O–H groups in total. The van der Waals surface area contributed by atoms with Crippen molar-refractivity contribution in [2.24, 2.45) is 0 Å². The number of rotatable bonds is 3. The summed E-state index contributed by atoms with van der Waals surface area (Å²) in [4.78, 5) is 9.37. The number of nitriles is 2. The molecule has 0 amide bonds. The van der Waals surface area contributed by atoms with Gasteiger partial charge < -0.3 is 10.6 Å². The Bertz CT molecular complexity index is 411. The molecule has 1 aromatic heterocycles. The van der Waals surface area contributed by atoms with E-state index in [4.69, 9.17) is 16.3 Å². The summed E-state index contributed by atoms with van der Waals surface area (Å²) in [6.07, 6.45) is 1.57. The van der Waals surface area contributed by atoms with Crippen LogP contribution in [-0.4, -0.2) is 23.1 Å². The number of anilines is 2. The van der Waals surface area contributed by atoms with Crippen molar-refractivity contribution >= 4 is 11.8 Å². The zero-order chi connectivity index (χ0) is 11.3. The summed E-state index contributed by atoms with van der Waals surface area (Å²) in [6, 6.07) is 3.94. The van der Waals surface area contributed by atoms with Crippen molar-refractivity contribution in [1.82, 2.24) is 9.97 Å². The Hall–Kier alpha value is -2.34. The van der Waals surface area contributed by atoms with E-state index in [0.717, 1.165) is 5.56 Å². The minimum Gasteiger partial charge on any atom is -0.368 e. The average molecular weight is 202 g/mol. The van der Waals surface area contributed by atoms with Gasteiger partial charge in [0.25, 0.3) is 0 Å². The van der Waals surface area contributed by atoms with E-state index in [1.165, 1.54) is 0 Å². The lowest BCUT2D eigenvalue weighted by atomic mass is 10.3. The van der Waals surface area contributed by atoms with Crippen molar-refractivity contribution < 1.29 is 0 Å². The van der Waals surface area contributed by atoms with Crippen molar-refractivity contribution in [2.75, 3.05) is 23.7 Å². The minimum absolute atomic E-state index is 0.102. The molecule has 0 aliphatic carbocycles. The fraction of sp³-hybridized carbons (Fsp3) is 0.333. The summed E-state index contributed by atoms with van der Waals surface area (Å²) in [5.74, 6) is 0.669. The Labute approximate surface area is 87.6 Å². The van der Waals surface area contributed by atoms with Crippen LogP contribution < -0.4 is 10.6 Å². The molecule has 15 heavy (non-hydrogen) atoms. The fourth-order valence-electron chi connectivity index (χ4n) is 1.14. The first-order chi connectivity index (χ1) is 7.19. The van der Waals surface area contributed by atoms with Gasteiger partial charge >= 0.3 is 0 Å². The van der Waals surface area contributed by atoms with Crippen molar-refractivity contribution in [3.8, 4) is 12.1 Å². The summed E-state index contributed by atoms with van der Waals surface area (Å²) in [7, 11) is 0. The summed E-state index contributed by atoms with van der Waals surface area (Å²) in [5.41, 5.74) is 6.23. The molecule has 0 aliphatic rings. The lowest BCUT2D eigenvalue weighted by Crippen LogP contribution is -2.26. The quantitative estimate of drug-likeness (QED) is 0.703. The van der Waals surface area contributed by atoms with Gasteiger partial charge in [-0.25, -0.2) is 4.98 Å². The van der Waals surface area contributed by atoms with Crippen molar-refractivity contribution in [3.05, 3.63) is 11.8 Å². The normalized spacial score (nSPS) is 9.00. The van der Waals surface area contributed by atoms with Gasteiger partial charge in [0.1, 0.15) is 18.9 Å². The van der Waals surface area contributed by atoms with Gasteiger partial charge in [0.2, 0.25) is 5.95 Å². The van der Waals surface area contributed by atoms with Gasteiger partial charge in [-0.15, -0.1) is 0 Å². The standard InChI is InChI=1S/C9H10N6/c1-7-6-13-9(12)14-8(7)15(4-2-10)5-3-11/h6H,4-5H2,1H3,(H2,12,13,14). The van der Waals surface area contributed by atoms with Crippen LogP contribution in [0.25, 0.3) is 0 Å². The summed E-state index contributed by atoms with van der Waals surface area (Å²) >= 11 is 0. The highest BCUT2D eigenvalue weighted by Gasteiger charge is 2.10. The van der Waals surface area contributed by atoms with Crippen LogP contribution in [0.5, 0.6) is 0 Å². The fourth-order valence-corrected chi connectivity index (χ4v) is 1.14. The van der Waals surface area contributed by atoms with Crippen LogP contribution in [0, 0.1) is 29.6 Å². The molecule has 76 valence electrons.